The molecule has 2 saturated heterocycles. The van der Waals surface area contributed by atoms with Gasteiger partial charge in [-0.15, -0.1) is 0 Å². The first-order chi connectivity index (χ1) is 10.8. The fourth-order valence-electron chi connectivity index (χ4n) is 3.30. The van der Waals surface area contributed by atoms with E-state index >= 15 is 0 Å². The third-order valence-electron chi connectivity index (χ3n) is 4.72. The molecule has 0 aliphatic carbocycles. The number of hydrogen-bond acceptors (Lipinski definition) is 5. The first-order valence-corrected chi connectivity index (χ1v) is 9.50. The first-order valence-electron chi connectivity index (χ1n) is 8.34. The van der Waals surface area contributed by atoms with Gasteiger partial charge in [0.15, 0.2) is 0 Å². The summed E-state index contributed by atoms with van der Waals surface area (Å²) in [7, 11) is 0. The third-order valence-corrected chi connectivity index (χ3v) is 5.77. The van der Waals surface area contributed by atoms with Gasteiger partial charge in [0.1, 0.15) is 0 Å². The summed E-state index contributed by atoms with van der Waals surface area (Å²) in [6, 6.07) is 2.76. The number of aromatic nitrogens is 1. The van der Waals surface area contributed by atoms with Gasteiger partial charge in [-0.3, -0.25) is 4.79 Å². The summed E-state index contributed by atoms with van der Waals surface area (Å²) in [5, 5.41) is 6.97. The zero-order chi connectivity index (χ0) is 15.4. The minimum absolute atomic E-state index is 0.125. The number of thioether (sulfide) groups is 1. The number of aryl methyl sites for hydroxylation is 1. The lowest BCUT2D eigenvalue weighted by atomic mass is 10.0. The molecule has 2 aliphatic rings. The van der Waals surface area contributed by atoms with E-state index in [1.165, 1.54) is 24.3 Å². The largest absolute Gasteiger partial charge is 0.351 e. The summed E-state index contributed by atoms with van der Waals surface area (Å²) in [6.45, 7) is 4.19. The molecule has 3 rings (SSSR count). The van der Waals surface area contributed by atoms with Gasteiger partial charge in [-0.2, -0.15) is 11.8 Å². The second-order valence-electron chi connectivity index (χ2n) is 6.16. The Hall–Kier alpha value is -1.01. The van der Waals surface area contributed by atoms with Gasteiger partial charge in [-0.1, -0.05) is 12.1 Å². The average Bonchev–Trinajstić information content (AvgIpc) is 3.06. The number of hydrogen-bond donors (Lipinski definition) is 1. The Balaban J connectivity index is 1.46. The Bertz CT molecular complexity index is 491. The van der Waals surface area contributed by atoms with Crippen LogP contribution in [0.2, 0.25) is 0 Å². The van der Waals surface area contributed by atoms with E-state index in [-0.39, 0.29) is 11.9 Å². The SMILES string of the molecule is CCc1cc(C(=O)NC2CCN(C3CCSCC3)CC2)on1. The summed E-state index contributed by atoms with van der Waals surface area (Å²) in [6.07, 6.45) is 5.49. The quantitative estimate of drug-likeness (QED) is 0.921. The van der Waals surface area contributed by atoms with Crippen LogP contribution in [-0.4, -0.2) is 52.6 Å². The second kappa shape index (κ2) is 7.51. The van der Waals surface area contributed by atoms with Crippen molar-refractivity contribution in [3.63, 3.8) is 0 Å². The van der Waals surface area contributed by atoms with Gasteiger partial charge >= 0.3 is 0 Å². The molecule has 0 saturated carbocycles. The van der Waals surface area contributed by atoms with Crippen LogP contribution < -0.4 is 5.32 Å². The summed E-state index contributed by atoms with van der Waals surface area (Å²) in [5.41, 5.74) is 0.829. The number of likely N-dealkylation sites (tertiary alicyclic amines) is 1. The van der Waals surface area contributed by atoms with Crippen LogP contribution in [0.4, 0.5) is 0 Å². The zero-order valence-electron chi connectivity index (χ0n) is 13.2. The molecule has 1 amide bonds. The molecule has 0 radical (unpaired) electrons. The number of nitrogens with one attached hydrogen (secondary N) is 1. The number of carbonyl (C=O) groups excluding carboxylic acids is 1. The molecule has 22 heavy (non-hydrogen) atoms. The number of nitrogens with zero attached hydrogens (tertiary/aromatic N) is 2. The van der Waals surface area contributed by atoms with Crippen molar-refractivity contribution in [1.82, 2.24) is 15.4 Å². The lowest BCUT2D eigenvalue weighted by molar-refractivity contribution is 0.0851. The molecule has 3 heterocycles. The minimum atomic E-state index is -0.125. The number of carbonyl (C=O) groups is 1. The molecule has 5 nitrogen and oxygen atoms in total. The fourth-order valence-corrected chi connectivity index (χ4v) is 4.38. The number of amides is 1. The molecule has 1 aromatic heterocycles. The molecule has 2 aliphatic heterocycles. The van der Waals surface area contributed by atoms with Crippen LogP contribution in [0.3, 0.4) is 0 Å². The van der Waals surface area contributed by atoms with Crippen molar-refractivity contribution >= 4 is 17.7 Å². The maximum Gasteiger partial charge on any atom is 0.290 e. The Kier molecular flexibility index (Phi) is 5.41. The Morgan fingerprint density at radius 2 is 2.09 bits per heavy atom. The van der Waals surface area contributed by atoms with Gasteiger partial charge in [-0.25, -0.2) is 0 Å². The Morgan fingerprint density at radius 3 is 2.73 bits per heavy atom. The standard InChI is InChI=1S/C16H25N3O2S/c1-2-12-11-15(21-18-12)16(20)17-13-3-7-19(8-4-13)14-5-9-22-10-6-14/h11,13-14H,2-10H2,1H3,(H,17,20). The molecule has 0 aromatic carbocycles. The maximum atomic E-state index is 12.2. The summed E-state index contributed by atoms with van der Waals surface area (Å²) in [4.78, 5) is 14.8. The number of rotatable bonds is 4. The van der Waals surface area contributed by atoms with Gasteiger partial charge in [0.25, 0.3) is 5.91 Å². The highest BCUT2D eigenvalue weighted by atomic mass is 32.2. The average molecular weight is 323 g/mol. The van der Waals surface area contributed by atoms with E-state index in [0.717, 1.165) is 44.1 Å². The van der Waals surface area contributed by atoms with Crippen molar-refractivity contribution in [2.45, 2.75) is 51.1 Å². The van der Waals surface area contributed by atoms with Crippen molar-refractivity contribution in [3.05, 3.63) is 17.5 Å². The minimum Gasteiger partial charge on any atom is -0.351 e. The van der Waals surface area contributed by atoms with Crippen LogP contribution in [0.25, 0.3) is 0 Å². The van der Waals surface area contributed by atoms with Crippen LogP contribution in [0.1, 0.15) is 48.9 Å². The molecule has 0 atom stereocenters. The Morgan fingerprint density at radius 1 is 1.36 bits per heavy atom. The van der Waals surface area contributed by atoms with E-state index in [4.69, 9.17) is 4.52 Å². The Labute approximate surface area is 136 Å². The highest BCUT2D eigenvalue weighted by Gasteiger charge is 2.27. The van der Waals surface area contributed by atoms with Crippen LogP contribution in [0.15, 0.2) is 10.6 Å². The summed E-state index contributed by atoms with van der Waals surface area (Å²) in [5.74, 6) is 2.81. The van der Waals surface area contributed by atoms with E-state index in [1.807, 2.05) is 6.92 Å². The van der Waals surface area contributed by atoms with Gasteiger partial charge in [0.2, 0.25) is 5.76 Å². The smallest absolute Gasteiger partial charge is 0.290 e. The molecular weight excluding hydrogens is 298 g/mol. The molecule has 0 bridgehead atoms. The highest BCUT2D eigenvalue weighted by Crippen LogP contribution is 2.24. The van der Waals surface area contributed by atoms with E-state index in [0.29, 0.717) is 5.76 Å². The van der Waals surface area contributed by atoms with Gasteiger partial charge in [0.05, 0.1) is 5.69 Å². The normalized spacial score (nSPS) is 21.9. The van der Waals surface area contributed by atoms with Crippen LogP contribution in [-0.2, 0) is 6.42 Å². The van der Waals surface area contributed by atoms with Crippen molar-refractivity contribution < 1.29 is 9.32 Å². The van der Waals surface area contributed by atoms with Gasteiger partial charge < -0.3 is 14.7 Å². The number of piperidine rings is 1. The van der Waals surface area contributed by atoms with Crippen LogP contribution in [0, 0.1) is 0 Å². The monoisotopic (exact) mass is 323 g/mol. The molecule has 1 aromatic rings. The van der Waals surface area contributed by atoms with Gasteiger partial charge in [-0.05, 0) is 43.6 Å². The second-order valence-corrected chi connectivity index (χ2v) is 7.39. The predicted octanol–water partition coefficient (Wildman–Crippen LogP) is 2.33. The molecule has 6 heteroatoms. The molecule has 122 valence electrons. The molecule has 1 N–H and O–H groups in total. The summed E-state index contributed by atoms with van der Waals surface area (Å²) >= 11 is 2.07. The zero-order valence-corrected chi connectivity index (χ0v) is 14.0. The predicted molar refractivity (Wildman–Crippen MR) is 88.3 cm³/mol. The molecular formula is C16H25N3O2S. The molecule has 0 unspecified atom stereocenters. The van der Waals surface area contributed by atoms with Crippen molar-refractivity contribution in [3.8, 4) is 0 Å². The van der Waals surface area contributed by atoms with E-state index in [9.17, 15) is 4.79 Å². The van der Waals surface area contributed by atoms with E-state index in [1.54, 1.807) is 6.07 Å². The van der Waals surface area contributed by atoms with Crippen molar-refractivity contribution in [2.75, 3.05) is 24.6 Å². The summed E-state index contributed by atoms with van der Waals surface area (Å²) < 4.78 is 5.10. The van der Waals surface area contributed by atoms with Crippen LogP contribution in [0.5, 0.6) is 0 Å². The van der Waals surface area contributed by atoms with Crippen molar-refractivity contribution in [1.29, 1.82) is 0 Å². The van der Waals surface area contributed by atoms with Gasteiger partial charge in [0, 0.05) is 31.2 Å². The van der Waals surface area contributed by atoms with Crippen LogP contribution >= 0.6 is 11.8 Å². The van der Waals surface area contributed by atoms with E-state index < -0.39 is 0 Å². The lowest BCUT2D eigenvalue weighted by Gasteiger charge is -2.39. The van der Waals surface area contributed by atoms with E-state index in [2.05, 4.69) is 27.1 Å². The molecule has 0 spiro atoms. The maximum absolute atomic E-state index is 12.2. The third kappa shape index (κ3) is 3.84. The van der Waals surface area contributed by atoms with Crippen molar-refractivity contribution in [2.24, 2.45) is 0 Å². The first kappa shape index (κ1) is 15.9. The molecule has 2 fully saturated rings. The highest BCUT2D eigenvalue weighted by molar-refractivity contribution is 7.99. The topological polar surface area (TPSA) is 58.4 Å². The lowest BCUT2D eigenvalue weighted by Crippen LogP contribution is -2.48. The fraction of sp³-hybridized carbons (Fsp3) is 0.750.